The Labute approximate surface area is 74.3 Å². The Hall–Kier alpha value is -0.730. The van der Waals surface area contributed by atoms with Gasteiger partial charge in [0.15, 0.2) is 0 Å². The summed E-state index contributed by atoms with van der Waals surface area (Å²) < 4.78 is 0. The van der Waals surface area contributed by atoms with E-state index in [9.17, 15) is 4.79 Å². The molecule has 0 unspecified atom stereocenters. The topological polar surface area (TPSA) is 23.6 Å². The summed E-state index contributed by atoms with van der Waals surface area (Å²) >= 11 is 0. The maximum atomic E-state index is 11.6. The fraction of sp³-hybridized carbons (Fsp3) is 0.889. The molecule has 1 aliphatic rings. The van der Waals surface area contributed by atoms with Gasteiger partial charge in [-0.05, 0) is 26.7 Å². The summed E-state index contributed by atoms with van der Waals surface area (Å²) in [4.78, 5) is 15.4. The zero-order valence-electron chi connectivity index (χ0n) is 8.21. The fourth-order valence-electron chi connectivity index (χ4n) is 1.35. The van der Waals surface area contributed by atoms with Crippen LogP contribution < -0.4 is 0 Å². The van der Waals surface area contributed by atoms with E-state index >= 15 is 0 Å². The van der Waals surface area contributed by atoms with Gasteiger partial charge in [0.25, 0.3) is 0 Å². The van der Waals surface area contributed by atoms with Crippen molar-refractivity contribution in [3.63, 3.8) is 0 Å². The highest BCUT2D eigenvalue weighted by molar-refractivity contribution is 5.74. The van der Waals surface area contributed by atoms with Crippen molar-refractivity contribution in [3.05, 3.63) is 0 Å². The molecule has 1 saturated heterocycles. The van der Waals surface area contributed by atoms with Gasteiger partial charge in [0, 0.05) is 26.2 Å². The summed E-state index contributed by atoms with van der Waals surface area (Å²) in [5.74, 6) is 0. The third-order valence-corrected chi connectivity index (χ3v) is 2.45. The maximum Gasteiger partial charge on any atom is 0.319 e. The van der Waals surface area contributed by atoms with E-state index in [1.165, 1.54) is 0 Å². The lowest BCUT2D eigenvalue weighted by Gasteiger charge is -2.27. The van der Waals surface area contributed by atoms with E-state index in [4.69, 9.17) is 0 Å². The monoisotopic (exact) mass is 170 g/mol. The summed E-state index contributed by atoms with van der Waals surface area (Å²) in [6.07, 6.45) is 2.33. The number of rotatable bonds is 1. The molecule has 0 spiro atoms. The molecule has 3 heteroatoms. The van der Waals surface area contributed by atoms with E-state index < -0.39 is 0 Å². The second-order valence-corrected chi connectivity index (χ2v) is 3.68. The van der Waals surface area contributed by atoms with E-state index in [1.807, 2.05) is 25.8 Å². The molecule has 0 aromatic carbocycles. The lowest BCUT2D eigenvalue weighted by Crippen LogP contribution is -2.42. The Morgan fingerprint density at radius 3 is 2.25 bits per heavy atom. The number of likely N-dealkylation sites (tertiary alicyclic amines) is 1. The minimum absolute atomic E-state index is 0.183. The summed E-state index contributed by atoms with van der Waals surface area (Å²) in [5.41, 5.74) is 0. The Morgan fingerprint density at radius 2 is 1.83 bits per heavy atom. The molecule has 12 heavy (non-hydrogen) atoms. The third kappa shape index (κ3) is 1.90. The predicted octanol–water partition coefficient (Wildman–Crippen LogP) is 1.54. The number of amides is 2. The largest absolute Gasteiger partial charge is 0.325 e. The summed E-state index contributed by atoms with van der Waals surface area (Å²) in [6, 6.07) is 0.487. The van der Waals surface area contributed by atoms with Crippen LogP contribution in [0, 0.1) is 0 Å². The highest BCUT2D eigenvalue weighted by Gasteiger charge is 2.22. The summed E-state index contributed by atoms with van der Waals surface area (Å²) in [7, 11) is 1.87. The maximum absolute atomic E-state index is 11.6. The molecule has 0 N–H and O–H groups in total. The number of hydrogen-bond acceptors (Lipinski definition) is 1. The number of hydrogen-bond donors (Lipinski definition) is 0. The van der Waals surface area contributed by atoms with Gasteiger partial charge in [-0.2, -0.15) is 0 Å². The third-order valence-electron chi connectivity index (χ3n) is 2.45. The molecule has 0 saturated carbocycles. The van der Waals surface area contributed by atoms with E-state index in [1.54, 1.807) is 4.90 Å². The molecule has 70 valence electrons. The average molecular weight is 170 g/mol. The fourth-order valence-corrected chi connectivity index (χ4v) is 1.35. The molecule has 0 aliphatic carbocycles. The Bertz CT molecular complexity index is 158. The van der Waals surface area contributed by atoms with Crippen molar-refractivity contribution in [2.75, 3.05) is 20.1 Å². The molecule has 0 radical (unpaired) electrons. The van der Waals surface area contributed by atoms with Gasteiger partial charge in [-0.3, -0.25) is 0 Å². The van der Waals surface area contributed by atoms with Gasteiger partial charge in [0.2, 0.25) is 0 Å². The zero-order chi connectivity index (χ0) is 9.14. The van der Waals surface area contributed by atoms with Crippen molar-refractivity contribution in [3.8, 4) is 0 Å². The second-order valence-electron chi connectivity index (χ2n) is 3.68. The molecule has 0 atom stereocenters. The van der Waals surface area contributed by atoms with Crippen LogP contribution in [0.15, 0.2) is 0 Å². The smallest absolute Gasteiger partial charge is 0.319 e. The first-order valence-corrected chi connectivity index (χ1v) is 4.64. The number of urea groups is 1. The Kier molecular flexibility index (Phi) is 2.95. The van der Waals surface area contributed by atoms with Gasteiger partial charge in [0.1, 0.15) is 0 Å². The minimum atomic E-state index is 0.183. The lowest BCUT2D eigenvalue weighted by atomic mass is 10.3. The molecule has 0 aromatic rings. The van der Waals surface area contributed by atoms with Crippen LogP contribution in [0.4, 0.5) is 4.79 Å². The highest BCUT2D eigenvalue weighted by atomic mass is 16.2. The van der Waals surface area contributed by atoms with E-state index in [2.05, 4.69) is 0 Å². The number of nitrogens with zero attached hydrogens (tertiary/aromatic N) is 2. The SMILES string of the molecule is CC(C)N(C)C(=O)N1CCCC1. The van der Waals surface area contributed by atoms with Crippen molar-refractivity contribution in [1.82, 2.24) is 9.80 Å². The van der Waals surface area contributed by atoms with Gasteiger partial charge in [-0.15, -0.1) is 0 Å². The molecule has 0 bridgehead atoms. The standard InChI is InChI=1S/C9H18N2O/c1-8(2)10(3)9(12)11-6-4-5-7-11/h8H,4-7H2,1-3H3. The highest BCUT2D eigenvalue weighted by Crippen LogP contribution is 2.10. The first-order valence-electron chi connectivity index (χ1n) is 4.64. The van der Waals surface area contributed by atoms with E-state index in [0.717, 1.165) is 25.9 Å². The summed E-state index contributed by atoms with van der Waals surface area (Å²) in [6.45, 7) is 5.95. The molecule has 1 aliphatic heterocycles. The number of carbonyl (C=O) groups excluding carboxylic acids is 1. The van der Waals surface area contributed by atoms with Crippen molar-refractivity contribution in [1.29, 1.82) is 0 Å². The van der Waals surface area contributed by atoms with Crippen LogP contribution in [0.5, 0.6) is 0 Å². The summed E-state index contributed by atoms with van der Waals surface area (Å²) in [5, 5.41) is 0. The van der Waals surface area contributed by atoms with Gasteiger partial charge in [-0.25, -0.2) is 4.79 Å². The molecule has 3 nitrogen and oxygen atoms in total. The van der Waals surface area contributed by atoms with Crippen LogP contribution in [0.2, 0.25) is 0 Å². The average Bonchev–Trinajstić information content (AvgIpc) is 2.53. The Morgan fingerprint density at radius 1 is 1.33 bits per heavy atom. The molecule has 2 amide bonds. The predicted molar refractivity (Wildman–Crippen MR) is 49.1 cm³/mol. The van der Waals surface area contributed by atoms with Crippen molar-refractivity contribution >= 4 is 6.03 Å². The Balaban J connectivity index is 2.45. The zero-order valence-corrected chi connectivity index (χ0v) is 8.21. The van der Waals surface area contributed by atoms with E-state index in [0.29, 0.717) is 6.04 Å². The first kappa shape index (κ1) is 9.36. The molecular formula is C9H18N2O. The molecule has 1 rings (SSSR count). The lowest BCUT2D eigenvalue weighted by molar-refractivity contribution is 0.162. The van der Waals surface area contributed by atoms with E-state index in [-0.39, 0.29) is 6.03 Å². The van der Waals surface area contributed by atoms with Crippen LogP contribution in [0.25, 0.3) is 0 Å². The molecule has 1 fully saturated rings. The molecule has 1 heterocycles. The normalized spacial score (nSPS) is 17.2. The van der Waals surface area contributed by atoms with Crippen molar-refractivity contribution in [2.45, 2.75) is 32.7 Å². The molecular weight excluding hydrogens is 152 g/mol. The van der Waals surface area contributed by atoms with Crippen LogP contribution in [0.3, 0.4) is 0 Å². The first-order chi connectivity index (χ1) is 5.63. The van der Waals surface area contributed by atoms with Gasteiger partial charge in [-0.1, -0.05) is 0 Å². The second kappa shape index (κ2) is 3.78. The molecule has 0 aromatic heterocycles. The van der Waals surface area contributed by atoms with Crippen LogP contribution in [0.1, 0.15) is 26.7 Å². The van der Waals surface area contributed by atoms with Crippen LogP contribution >= 0.6 is 0 Å². The van der Waals surface area contributed by atoms with Crippen LogP contribution in [-0.4, -0.2) is 42.0 Å². The number of carbonyl (C=O) groups is 1. The quantitative estimate of drug-likeness (QED) is 0.585. The van der Waals surface area contributed by atoms with Gasteiger partial charge in [0.05, 0.1) is 0 Å². The van der Waals surface area contributed by atoms with Gasteiger partial charge < -0.3 is 9.80 Å². The van der Waals surface area contributed by atoms with Gasteiger partial charge >= 0.3 is 6.03 Å². The van der Waals surface area contributed by atoms with Crippen molar-refractivity contribution < 1.29 is 4.79 Å². The van der Waals surface area contributed by atoms with Crippen molar-refractivity contribution in [2.24, 2.45) is 0 Å². The van der Waals surface area contributed by atoms with Crippen LogP contribution in [-0.2, 0) is 0 Å². The minimum Gasteiger partial charge on any atom is -0.325 e.